The van der Waals surface area contributed by atoms with Crippen molar-refractivity contribution in [1.82, 2.24) is 0 Å². The van der Waals surface area contributed by atoms with Crippen molar-refractivity contribution in [3.63, 3.8) is 0 Å². The van der Waals surface area contributed by atoms with Crippen molar-refractivity contribution in [2.75, 3.05) is 0 Å². The molecular formula is C20H32O4. The number of hydrogen-bond donors (Lipinski definition) is 0. The average Bonchev–Trinajstić information content (AvgIpc) is 2.65. The molecule has 2 aliphatic carbocycles. The first-order valence-electron chi connectivity index (χ1n) is 9.51. The smallest absolute Gasteiger partial charge is 0.123 e. The molecule has 0 aromatic rings. The summed E-state index contributed by atoms with van der Waals surface area (Å²) in [6.07, 6.45) is 16.3. The van der Waals surface area contributed by atoms with E-state index in [4.69, 9.17) is 0 Å². The minimum absolute atomic E-state index is 0.274. The van der Waals surface area contributed by atoms with E-state index in [0.717, 1.165) is 82.9 Å². The molecule has 2 unspecified atom stereocenters. The Bertz CT molecular complexity index is 372. The Balaban J connectivity index is 0.000000240. The maximum atomic E-state index is 10.5. The van der Waals surface area contributed by atoms with Crippen LogP contribution in [0.15, 0.2) is 0 Å². The first kappa shape index (κ1) is 20.7. The van der Waals surface area contributed by atoms with Gasteiger partial charge in [0.15, 0.2) is 0 Å². The van der Waals surface area contributed by atoms with Gasteiger partial charge in [-0.3, -0.25) is 0 Å². The van der Waals surface area contributed by atoms with Gasteiger partial charge in [0.05, 0.1) is 0 Å². The van der Waals surface area contributed by atoms with E-state index in [-0.39, 0.29) is 5.92 Å². The minimum atomic E-state index is 0.274. The topological polar surface area (TPSA) is 68.3 Å². The maximum Gasteiger partial charge on any atom is 0.123 e. The van der Waals surface area contributed by atoms with Crippen LogP contribution in [-0.2, 0) is 19.2 Å². The molecule has 0 heterocycles. The molecule has 2 atom stereocenters. The highest BCUT2D eigenvalue weighted by Gasteiger charge is 2.21. The fourth-order valence-corrected chi connectivity index (χ4v) is 3.94. The van der Waals surface area contributed by atoms with Gasteiger partial charge in [-0.25, -0.2) is 0 Å². The lowest BCUT2D eigenvalue weighted by atomic mass is 9.80. The second-order valence-corrected chi connectivity index (χ2v) is 7.33. The van der Waals surface area contributed by atoms with Crippen LogP contribution in [0.5, 0.6) is 0 Å². The summed E-state index contributed by atoms with van der Waals surface area (Å²) in [5.41, 5.74) is 0. The van der Waals surface area contributed by atoms with E-state index < -0.39 is 0 Å². The van der Waals surface area contributed by atoms with Crippen molar-refractivity contribution in [3.8, 4) is 0 Å². The molecule has 0 bridgehead atoms. The molecule has 24 heavy (non-hydrogen) atoms. The molecule has 2 aliphatic rings. The second kappa shape index (κ2) is 13.0. The summed E-state index contributed by atoms with van der Waals surface area (Å²) in [7, 11) is 0. The molecule has 0 amide bonds. The van der Waals surface area contributed by atoms with E-state index in [1.165, 1.54) is 6.42 Å². The molecule has 0 N–H and O–H groups in total. The first-order chi connectivity index (χ1) is 11.7. The monoisotopic (exact) mass is 336 g/mol. The molecule has 0 radical (unpaired) electrons. The zero-order valence-electron chi connectivity index (χ0n) is 14.7. The molecular weight excluding hydrogens is 304 g/mol. The van der Waals surface area contributed by atoms with Crippen molar-refractivity contribution >= 4 is 25.1 Å². The average molecular weight is 336 g/mol. The molecule has 0 aliphatic heterocycles. The lowest BCUT2D eigenvalue weighted by Crippen LogP contribution is -2.16. The summed E-state index contributed by atoms with van der Waals surface area (Å²) in [5, 5.41) is 0. The Morgan fingerprint density at radius 2 is 1.21 bits per heavy atom. The number of carbonyl (C=O) groups is 4. The third-order valence-electron chi connectivity index (χ3n) is 5.49. The standard InChI is InChI=1S/2C10H16O2/c11-6-2-5-9-3-1-4-10(7-9)8-12;11-7-1-2-9-3-5-10(8-12)6-4-9/h6,8-10H,1-5,7H2;7-10H,1-6H2. The third kappa shape index (κ3) is 8.51. The summed E-state index contributed by atoms with van der Waals surface area (Å²) < 4.78 is 0. The van der Waals surface area contributed by atoms with Gasteiger partial charge < -0.3 is 19.2 Å². The zero-order chi connectivity index (χ0) is 17.6. The largest absolute Gasteiger partial charge is 0.303 e. The van der Waals surface area contributed by atoms with Crippen molar-refractivity contribution < 1.29 is 19.2 Å². The molecule has 2 rings (SSSR count). The van der Waals surface area contributed by atoms with E-state index in [9.17, 15) is 19.2 Å². The summed E-state index contributed by atoms with van der Waals surface area (Å²) in [6.45, 7) is 0. The van der Waals surface area contributed by atoms with Crippen LogP contribution in [0.1, 0.15) is 77.0 Å². The zero-order valence-corrected chi connectivity index (χ0v) is 14.7. The first-order valence-corrected chi connectivity index (χ1v) is 9.51. The summed E-state index contributed by atoms with van der Waals surface area (Å²) in [4.78, 5) is 41.2. The Kier molecular flexibility index (Phi) is 11.2. The normalized spacial score (nSPS) is 29.7. The second-order valence-electron chi connectivity index (χ2n) is 7.33. The van der Waals surface area contributed by atoms with Gasteiger partial charge in [0.1, 0.15) is 25.1 Å². The number of rotatable bonds is 8. The van der Waals surface area contributed by atoms with Crippen LogP contribution >= 0.6 is 0 Å². The maximum absolute atomic E-state index is 10.5. The lowest BCUT2D eigenvalue weighted by Gasteiger charge is -2.24. The van der Waals surface area contributed by atoms with Crippen molar-refractivity contribution in [2.45, 2.75) is 77.0 Å². The molecule has 2 saturated carbocycles. The summed E-state index contributed by atoms with van der Waals surface area (Å²) >= 11 is 0. The van der Waals surface area contributed by atoms with Crippen LogP contribution < -0.4 is 0 Å². The number of hydrogen-bond acceptors (Lipinski definition) is 4. The van der Waals surface area contributed by atoms with Crippen LogP contribution in [-0.4, -0.2) is 25.1 Å². The van der Waals surface area contributed by atoms with E-state index in [1.807, 2.05) is 0 Å². The van der Waals surface area contributed by atoms with Crippen LogP contribution in [0.4, 0.5) is 0 Å². The number of aldehydes is 4. The Morgan fingerprint density at radius 1 is 0.625 bits per heavy atom. The molecule has 136 valence electrons. The predicted octanol–water partition coefficient (Wildman–Crippen LogP) is 3.94. The van der Waals surface area contributed by atoms with E-state index in [2.05, 4.69) is 0 Å². The third-order valence-corrected chi connectivity index (χ3v) is 5.49. The Hall–Kier alpha value is -1.32. The van der Waals surface area contributed by atoms with Crippen molar-refractivity contribution in [1.29, 1.82) is 0 Å². The highest BCUT2D eigenvalue weighted by atomic mass is 16.1. The van der Waals surface area contributed by atoms with E-state index in [1.54, 1.807) is 0 Å². The van der Waals surface area contributed by atoms with Gasteiger partial charge in [-0.15, -0.1) is 0 Å². The Labute approximate surface area is 145 Å². The van der Waals surface area contributed by atoms with Crippen molar-refractivity contribution in [3.05, 3.63) is 0 Å². The molecule has 0 aromatic carbocycles. The molecule has 0 aromatic heterocycles. The van der Waals surface area contributed by atoms with Gasteiger partial charge in [0.25, 0.3) is 0 Å². The van der Waals surface area contributed by atoms with Gasteiger partial charge in [-0.1, -0.05) is 12.8 Å². The molecule has 2 fully saturated rings. The minimum Gasteiger partial charge on any atom is -0.303 e. The van der Waals surface area contributed by atoms with E-state index >= 15 is 0 Å². The quantitative estimate of drug-likeness (QED) is 0.630. The highest BCUT2D eigenvalue weighted by molar-refractivity contribution is 5.54. The molecule has 4 nitrogen and oxygen atoms in total. The van der Waals surface area contributed by atoms with Crippen molar-refractivity contribution in [2.24, 2.45) is 23.7 Å². The van der Waals surface area contributed by atoms with Crippen LogP contribution in [0.2, 0.25) is 0 Å². The van der Waals surface area contributed by atoms with Gasteiger partial charge in [0.2, 0.25) is 0 Å². The molecule has 0 spiro atoms. The predicted molar refractivity (Wildman–Crippen MR) is 93.6 cm³/mol. The molecule has 0 saturated heterocycles. The lowest BCUT2D eigenvalue weighted by molar-refractivity contribution is -0.113. The van der Waals surface area contributed by atoms with Gasteiger partial charge in [-0.05, 0) is 63.2 Å². The van der Waals surface area contributed by atoms with Crippen LogP contribution in [0.25, 0.3) is 0 Å². The fraction of sp³-hybridized carbons (Fsp3) is 0.800. The Morgan fingerprint density at radius 3 is 1.75 bits per heavy atom. The fourth-order valence-electron chi connectivity index (χ4n) is 3.94. The van der Waals surface area contributed by atoms with Gasteiger partial charge in [-0.2, -0.15) is 0 Å². The summed E-state index contributed by atoms with van der Waals surface area (Å²) in [6, 6.07) is 0. The summed E-state index contributed by atoms with van der Waals surface area (Å²) in [5.74, 6) is 1.90. The SMILES string of the molecule is O=CCCC1CCC(C=O)CC1.O=CCCC1CCCC(C=O)C1. The van der Waals surface area contributed by atoms with Crippen LogP contribution in [0, 0.1) is 23.7 Å². The highest BCUT2D eigenvalue weighted by Crippen LogP contribution is 2.31. The molecule has 4 heteroatoms. The van der Waals surface area contributed by atoms with Gasteiger partial charge in [0, 0.05) is 24.7 Å². The van der Waals surface area contributed by atoms with Crippen LogP contribution in [0.3, 0.4) is 0 Å². The number of carbonyl (C=O) groups excluding carboxylic acids is 4. The van der Waals surface area contributed by atoms with E-state index in [0.29, 0.717) is 30.6 Å². The van der Waals surface area contributed by atoms with Gasteiger partial charge >= 0.3 is 0 Å².